The molecule has 0 N–H and O–H groups in total. The van der Waals surface area contributed by atoms with Gasteiger partial charge in [-0.25, -0.2) is 9.36 Å². The van der Waals surface area contributed by atoms with Crippen LogP contribution in [0.4, 0.5) is 0 Å². The van der Waals surface area contributed by atoms with Crippen LogP contribution in [0, 0.1) is 0 Å². The summed E-state index contributed by atoms with van der Waals surface area (Å²) in [5, 5.41) is 7.65. The third kappa shape index (κ3) is 2.80. The lowest BCUT2D eigenvalue weighted by Gasteiger charge is -2.02. The zero-order valence-corrected chi connectivity index (χ0v) is 12.7. The summed E-state index contributed by atoms with van der Waals surface area (Å²) in [6.45, 7) is 2.06. The quantitative estimate of drug-likeness (QED) is 0.717. The van der Waals surface area contributed by atoms with Crippen LogP contribution >= 0.6 is 15.9 Å². The molecular weight excluding hydrogens is 340 g/mol. The predicted molar refractivity (Wildman–Crippen MR) is 76.7 cm³/mol. The summed E-state index contributed by atoms with van der Waals surface area (Å²) in [7, 11) is 0. The van der Waals surface area contributed by atoms with E-state index < -0.39 is 5.76 Å². The molecule has 2 aromatic heterocycles. The maximum absolute atomic E-state index is 11.8. The molecule has 0 radical (unpaired) electrons. The van der Waals surface area contributed by atoms with Gasteiger partial charge in [-0.3, -0.25) is 4.52 Å². The minimum absolute atomic E-state index is 0.147. The van der Waals surface area contributed by atoms with Crippen LogP contribution in [0.1, 0.15) is 18.6 Å². The molecule has 3 rings (SSSR count). The number of benzene rings is 1. The Labute approximate surface area is 127 Å². The Morgan fingerprint density at radius 2 is 2.14 bits per heavy atom. The van der Waals surface area contributed by atoms with Gasteiger partial charge in [0.05, 0.1) is 6.54 Å². The fourth-order valence-electron chi connectivity index (χ4n) is 1.88. The van der Waals surface area contributed by atoms with Crippen molar-refractivity contribution in [1.29, 1.82) is 0 Å². The zero-order valence-electron chi connectivity index (χ0n) is 11.1. The van der Waals surface area contributed by atoms with Crippen molar-refractivity contribution >= 4 is 15.9 Å². The third-order valence-corrected chi connectivity index (χ3v) is 3.37. The largest absolute Gasteiger partial charge is 0.442 e. The molecule has 0 fully saturated rings. The van der Waals surface area contributed by atoms with Crippen LogP contribution in [0.5, 0.6) is 0 Å². The van der Waals surface area contributed by atoms with Gasteiger partial charge in [0.2, 0.25) is 5.89 Å². The van der Waals surface area contributed by atoms with Crippen molar-refractivity contribution in [3.63, 3.8) is 0 Å². The van der Waals surface area contributed by atoms with Gasteiger partial charge in [-0.15, -0.1) is 0 Å². The predicted octanol–water partition coefficient (Wildman–Crippen LogP) is 2.26. The van der Waals surface area contributed by atoms with Crippen molar-refractivity contribution in [2.75, 3.05) is 0 Å². The smallest absolute Gasteiger partial charge is 0.339 e. The first-order valence-electron chi connectivity index (χ1n) is 6.31. The first-order chi connectivity index (χ1) is 10.2. The molecule has 0 atom stereocenters. The molecule has 3 aromatic rings. The molecule has 21 heavy (non-hydrogen) atoms. The van der Waals surface area contributed by atoms with Crippen molar-refractivity contribution in [1.82, 2.24) is 19.9 Å². The summed E-state index contributed by atoms with van der Waals surface area (Å²) in [6.07, 6.45) is 0.643. The molecule has 0 amide bonds. The van der Waals surface area contributed by atoms with Crippen molar-refractivity contribution in [3.8, 4) is 11.4 Å². The Hall–Kier alpha value is -2.22. The fraction of sp³-hybridized carbons (Fsp3) is 0.231. The van der Waals surface area contributed by atoms with E-state index in [1.807, 2.05) is 31.2 Å². The molecule has 0 saturated heterocycles. The molecule has 0 unspecified atom stereocenters. The van der Waals surface area contributed by atoms with E-state index in [0.717, 1.165) is 10.0 Å². The van der Waals surface area contributed by atoms with Gasteiger partial charge in [0.1, 0.15) is 0 Å². The van der Waals surface area contributed by atoms with E-state index in [1.54, 1.807) is 0 Å². The lowest BCUT2D eigenvalue weighted by atomic mass is 10.2. The Morgan fingerprint density at radius 1 is 1.29 bits per heavy atom. The zero-order chi connectivity index (χ0) is 14.8. The standard InChI is InChI=1S/C13H11BrN4O3/c1-2-11-15-10(16-20-11)7-18-12(17-21-13(18)19)8-4-3-5-9(14)6-8/h3-6H,2,7H2,1H3. The molecule has 1 aromatic carbocycles. The molecule has 8 heteroatoms. The maximum atomic E-state index is 11.8. The Kier molecular flexibility index (Phi) is 3.70. The van der Waals surface area contributed by atoms with Gasteiger partial charge in [-0.1, -0.05) is 45.3 Å². The van der Waals surface area contributed by atoms with Gasteiger partial charge < -0.3 is 4.52 Å². The number of aromatic nitrogens is 4. The average Bonchev–Trinajstić information content (AvgIpc) is 3.07. The van der Waals surface area contributed by atoms with Crippen molar-refractivity contribution in [2.24, 2.45) is 0 Å². The van der Waals surface area contributed by atoms with Gasteiger partial charge in [0, 0.05) is 16.5 Å². The van der Waals surface area contributed by atoms with E-state index in [1.165, 1.54) is 4.57 Å². The summed E-state index contributed by atoms with van der Waals surface area (Å²) >= 11 is 3.38. The van der Waals surface area contributed by atoms with Crippen LogP contribution in [0.15, 0.2) is 42.6 Å². The van der Waals surface area contributed by atoms with Crippen LogP contribution in [-0.2, 0) is 13.0 Å². The average molecular weight is 351 g/mol. The minimum atomic E-state index is -0.562. The molecule has 0 aliphatic carbocycles. The molecule has 2 heterocycles. The highest BCUT2D eigenvalue weighted by molar-refractivity contribution is 9.10. The highest BCUT2D eigenvalue weighted by Crippen LogP contribution is 2.20. The van der Waals surface area contributed by atoms with E-state index in [-0.39, 0.29) is 6.54 Å². The monoisotopic (exact) mass is 350 g/mol. The number of nitrogens with zero attached hydrogens (tertiary/aromatic N) is 4. The van der Waals surface area contributed by atoms with Crippen molar-refractivity contribution < 1.29 is 9.05 Å². The van der Waals surface area contributed by atoms with Gasteiger partial charge in [-0.05, 0) is 12.1 Å². The van der Waals surface area contributed by atoms with E-state index in [2.05, 4.69) is 31.2 Å². The lowest BCUT2D eigenvalue weighted by Crippen LogP contribution is -2.17. The van der Waals surface area contributed by atoms with Crippen LogP contribution in [0.25, 0.3) is 11.4 Å². The number of rotatable bonds is 4. The Morgan fingerprint density at radius 3 is 2.86 bits per heavy atom. The molecule has 0 bridgehead atoms. The third-order valence-electron chi connectivity index (χ3n) is 2.88. The molecule has 0 spiro atoms. The van der Waals surface area contributed by atoms with Gasteiger partial charge >= 0.3 is 5.76 Å². The normalized spacial score (nSPS) is 11.0. The molecule has 7 nitrogen and oxygen atoms in total. The topological polar surface area (TPSA) is 87.0 Å². The van der Waals surface area contributed by atoms with Gasteiger partial charge in [0.25, 0.3) is 0 Å². The Bertz CT molecular complexity index is 821. The van der Waals surface area contributed by atoms with Crippen LogP contribution < -0.4 is 5.76 Å². The second kappa shape index (κ2) is 5.65. The van der Waals surface area contributed by atoms with Crippen LogP contribution in [0.3, 0.4) is 0 Å². The minimum Gasteiger partial charge on any atom is -0.339 e. The summed E-state index contributed by atoms with van der Waals surface area (Å²) in [5.41, 5.74) is 0.759. The highest BCUT2D eigenvalue weighted by Gasteiger charge is 2.16. The molecule has 0 aliphatic rings. The SMILES string of the molecule is CCc1nc(Cn2c(-c3cccc(Br)c3)noc2=O)no1. The number of aryl methyl sites for hydroxylation is 1. The van der Waals surface area contributed by atoms with Gasteiger partial charge in [0.15, 0.2) is 11.6 Å². The molecule has 0 saturated carbocycles. The maximum Gasteiger partial charge on any atom is 0.442 e. The molecular formula is C13H11BrN4O3. The number of hydrogen-bond acceptors (Lipinski definition) is 6. The summed E-state index contributed by atoms with van der Waals surface area (Å²) in [4.78, 5) is 16.0. The van der Waals surface area contributed by atoms with Crippen LogP contribution in [0.2, 0.25) is 0 Å². The van der Waals surface area contributed by atoms with E-state index in [4.69, 9.17) is 9.05 Å². The fourth-order valence-corrected chi connectivity index (χ4v) is 2.28. The summed E-state index contributed by atoms with van der Waals surface area (Å²) in [5.74, 6) is 0.795. The number of halogens is 1. The van der Waals surface area contributed by atoms with Crippen molar-refractivity contribution in [3.05, 3.63) is 51.0 Å². The van der Waals surface area contributed by atoms with Crippen molar-refractivity contribution in [2.45, 2.75) is 19.9 Å². The second-order valence-electron chi connectivity index (χ2n) is 4.33. The van der Waals surface area contributed by atoms with E-state index >= 15 is 0 Å². The molecule has 108 valence electrons. The first-order valence-corrected chi connectivity index (χ1v) is 7.10. The number of hydrogen-bond donors (Lipinski definition) is 0. The Balaban J connectivity index is 1.99. The van der Waals surface area contributed by atoms with E-state index in [9.17, 15) is 4.79 Å². The second-order valence-corrected chi connectivity index (χ2v) is 5.24. The van der Waals surface area contributed by atoms with E-state index in [0.29, 0.717) is 24.0 Å². The lowest BCUT2D eigenvalue weighted by molar-refractivity contribution is 0.369. The summed E-state index contributed by atoms with van der Waals surface area (Å²) in [6, 6.07) is 7.43. The van der Waals surface area contributed by atoms with Gasteiger partial charge in [-0.2, -0.15) is 4.98 Å². The molecule has 0 aliphatic heterocycles. The first kappa shape index (κ1) is 13.7. The highest BCUT2D eigenvalue weighted by atomic mass is 79.9. The summed E-state index contributed by atoms with van der Waals surface area (Å²) < 4.78 is 12.0. The van der Waals surface area contributed by atoms with Crippen LogP contribution in [-0.4, -0.2) is 19.9 Å².